The molecule has 2 bridgehead atoms. The Labute approximate surface area is 161 Å². The molecule has 0 aliphatic carbocycles. The number of nitrogens with zero attached hydrogens (tertiary/aromatic N) is 4. The summed E-state index contributed by atoms with van der Waals surface area (Å²) in [5.41, 5.74) is 4.01. The molecule has 2 aromatic rings. The molecule has 1 aromatic heterocycles. The highest BCUT2D eigenvalue weighted by atomic mass is 16.5. The summed E-state index contributed by atoms with van der Waals surface area (Å²) in [5, 5.41) is 4.57. The zero-order valence-electron chi connectivity index (χ0n) is 16.6. The van der Waals surface area contributed by atoms with Gasteiger partial charge in [0.05, 0.1) is 12.8 Å². The van der Waals surface area contributed by atoms with Crippen molar-refractivity contribution in [2.24, 2.45) is 13.0 Å². The summed E-state index contributed by atoms with van der Waals surface area (Å²) < 4.78 is 7.33. The predicted molar refractivity (Wildman–Crippen MR) is 106 cm³/mol. The van der Waals surface area contributed by atoms with Crippen molar-refractivity contribution in [1.29, 1.82) is 0 Å². The van der Waals surface area contributed by atoms with Crippen molar-refractivity contribution in [3.8, 4) is 5.75 Å². The minimum absolute atomic E-state index is 0.584. The number of likely N-dealkylation sites (tertiary alicyclic amines) is 1. The Balaban J connectivity index is 1.46. The van der Waals surface area contributed by atoms with E-state index in [9.17, 15) is 0 Å². The number of aryl methyl sites for hydroxylation is 2. The Morgan fingerprint density at radius 2 is 1.85 bits per heavy atom. The van der Waals surface area contributed by atoms with Gasteiger partial charge in [-0.1, -0.05) is 12.1 Å². The van der Waals surface area contributed by atoms with E-state index < -0.39 is 0 Å². The molecular weight excluding hydrogens is 336 g/mol. The molecule has 27 heavy (non-hydrogen) atoms. The van der Waals surface area contributed by atoms with Crippen molar-refractivity contribution in [1.82, 2.24) is 19.6 Å². The molecule has 0 amide bonds. The zero-order chi connectivity index (χ0) is 18.5. The number of hydrogen-bond acceptors (Lipinski definition) is 4. The van der Waals surface area contributed by atoms with Crippen LogP contribution in [0.2, 0.25) is 0 Å². The molecule has 0 saturated carbocycles. The Morgan fingerprint density at radius 3 is 2.48 bits per heavy atom. The maximum Gasteiger partial charge on any atom is 0.118 e. The third-order valence-electron chi connectivity index (χ3n) is 7.13. The lowest BCUT2D eigenvalue weighted by Crippen LogP contribution is -2.59. The first-order valence-electron chi connectivity index (χ1n) is 10.2. The van der Waals surface area contributed by atoms with Gasteiger partial charge < -0.3 is 4.74 Å². The molecule has 3 atom stereocenters. The fourth-order valence-electron chi connectivity index (χ4n) is 5.89. The van der Waals surface area contributed by atoms with E-state index in [0.29, 0.717) is 18.0 Å². The van der Waals surface area contributed by atoms with E-state index in [4.69, 9.17) is 4.74 Å². The number of rotatable bonds is 4. The summed E-state index contributed by atoms with van der Waals surface area (Å²) in [4.78, 5) is 5.54. The number of piperidine rings is 3. The van der Waals surface area contributed by atoms with Crippen LogP contribution in [0, 0.1) is 12.8 Å². The molecule has 0 radical (unpaired) electrons. The van der Waals surface area contributed by atoms with E-state index in [-0.39, 0.29) is 0 Å². The quantitative estimate of drug-likeness (QED) is 0.833. The number of benzene rings is 1. The Morgan fingerprint density at radius 1 is 1.11 bits per heavy atom. The molecule has 4 saturated heterocycles. The minimum atomic E-state index is 0.584. The first-order valence-corrected chi connectivity index (χ1v) is 10.2. The van der Waals surface area contributed by atoms with Crippen LogP contribution in [0.15, 0.2) is 30.5 Å². The summed E-state index contributed by atoms with van der Waals surface area (Å²) >= 11 is 0. The Kier molecular flexibility index (Phi) is 4.25. The second-order valence-corrected chi connectivity index (χ2v) is 8.58. The van der Waals surface area contributed by atoms with E-state index in [0.717, 1.165) is 24.8 Å². The van der Waals surface area contributed by atoms with Crippen LogP contribution in [0.4, 0.5) is 0 Å². The van der Waals surface area contributed by atoms with Crippen LogP contribution in [0.5, 0.6) is 5.75 Å². The van der Waals surface area contributed by atoms with Crippen molar-refractivity contribution >= 4 is 0 Å². The smallest absolute Gasteiger partial charge is 0.118 e. The summed E-state index contributed by atoms with van der Waals surface area (Å²) in [6, 6.07) is 10.1. The third kappa shape index (κ3) is 2.88. The maximum absolute atomic E-state index is 5.37. The van der Waals surface area contributed by atoms with Gasteiger partial charge >= 0.3 is 0 Å². The SMILES string of the molecule is COc1ccc([C@@H]2CN(Cc3cn(C)nc3C)[C@@H]3C4CCN(CC4)[C@@H]32)cc1. The van der Waals surface area contributed by atoms with Gasteiger partial charge in [-0.15, -0.1) is 0 Å². The van der Waals surface area contributed by atoms with Gasteiger partial charge in [0.25, 0.3) is 0 Å². The number of ether oxygens (including phenoxy) is 1. The molecule has 0 spiro atoms. The van der Waals surface area contributed by atoms with Crippen molar-refractivity contribution < 1.29 is 4.74 Å². The minimum Gasteiger partial charge on any atom is -0.497 e. The van der Waals surface area contributed by atoms with E-state index in [1.807, 2.05) is 11.7 Å². The number of methoxy groups -OCH3 is 1. The van der Waals surface area contributed by atoms with E-state index in [2.05, 4.69) is 52.3 Å². The molecule has 1 aromatic carbocycles. The first kappa shape index (κ1) is 17.3. The molecule has 4 aliphatic rings. The van der Waals surface area contributed by atoms with Crippen molar-refractivity contribution in [2.75, 3.05) is 26.7 Å². The Bertz CT molecular complexity index is 806. The average molecular weight is 367 g/mol. The van der Waals surface area contributed by atoms with Crippen LogP contribution < -0.4 is 4.74 Å². The van der Waals surface area contributed by atoms with E-state index in [1.54, 1.807) is 7.11 Å². The molecule has 4 fully saturated rings. The van der Waals surface area contributed by atoms with Crippen LogP contribution in [0.25, 0.3) is 0 Å². The molecular formula is C22H30N4O. The molecule has 6 rings (SSSR count). The Hall–Kier alpha value is -1.85. The highest BCUT2D eigenvalue weighted by Gasteiger charge is 2.53. The van der Waals surface area contributed by atoms with Gasteiger partial charge in [0, 0.05) is 49.9 Å². The fraction of sp³-hybridized carbons (Fsp3) is 0.591. The lowest BCUT2D eigenvalue weighted by Gasteiger charge is -2.51. The normalized spacial score (nSPS) is 32.6. The second-order valence-electron chi connectivity index (χ2n) is 8.58. The summed E-state index contributed by atoms with van der Waals surface area (Å²) in [7, 11) is 3.77. The second kappa shape index (κ2) is 6.64. The molecule has 5 nitrogen and oxygen atoms in total. The first-order chi connectivity index (χ1) is 13.1. The highest BCUT2D eigenvalue weighted by molar-refractivity contribution is 5.33. The molecule has 5 heterocycles. The lowest BCUT2D eigenvalue weighted by molar-refractivity contribution is -0.00873. The molecule has 144 valence electrons. The zero-order valence-corrected chi connectivity index (χ0v) is 16.6. The monoisotopic (exact) mass is 366 g/mol. The number of fused-ring (bicyclic) bond motifs is 2. The van der Waals surface area contributed by atoms with Gasteiger partial charge in [0.2, 0.25) is 0 Å². The van der Waals surface area contributed by atoms with Gasteiger partial charge in [-0.05, 0) is 56.5 Å². The van der Waals surface area contributed by atoms with Gasteiger partial charge in [-0.2, -0.15) is 5.10 Å². The van der Waals surface area contributed by atoms with Gasteiger partial charge in [-0.3, -0.25) is 14.5 Å². The molecule has 0 unspecified atom stereocenters. The standard InChI is InChI=1S/C22H30N4O/c1-15-18(12-24(2)23-15)13-26-14-20(16-4-6-19(27-3)7-5-16)22-21(26)17-8-10-25(22)11-9-17/h4-7,12,17,20-22H,8-11,13-14H2,1-3H3/t20-,21+,22+/m0/s1. The molecule has 4 aliphatic heterocycles. The van der Waals surface area contributed by atoms with Gasteiger partial charge in [0.1, 0.15) is 5.75 Å². The highest BCUT2D eigenvalue weighted by Crippen LogP contribution is 2.47. The largest absolute Gasteiger partial charge is 0.497 e. The van der Waals surface area contributed by atoms with Crippen LogP contribution in [0.1, 0.15) is 35.6 Å². The summed E-state index contributed by atoms with van der Waals surface area (Å²) in [6.45, 7) is 6.86. The number of aromatic nitrogens is 2. The third-order valence-corrected chi connectivity index (χ3v) is 7.13. The topological polar surface area (TPSA) is 33.5 Å². The van der Waals surface area contributed by atoms with Crippen LogP contribution in [-0.2, 0) is 13.6 Å². The lowest BCUT2D eigenvalue weighted by atomic mass is 9.75. The summed E-state index contributed by atoms with van der Waals surface area (Å²) in [5.74, 6) is 2.38. The maximum atomic E-state index is 5.37. The number of hydrogen-bond donors (Lipinski definition) is 0. The van der Waals surface area contributed by atoms with Gasteiger partial charge in [-0.25, -0.2) is 0 Å². The molecule has 0 N–H and O–H groups in total. The summed E-state index contributed by atoms with van der Waals surface area (Å²) in [6.07, 6.45) is 4.92. The van der Waals surface area contributed by atoms with Crippen molar-refractivity contribution in [3.63, 3.8) is 0 Å². The van der Waals surface area contributed by atoms with Crippen LogP contribution in [-0.4, -0.2) is 58.4 Å². The van der Waals surface area contributed by atoms with Gasteiger partial charge in [0.15, 0.2) is 0 Å². The average Bonchev–Trinajstić information content (AvgIpc) is 3.24. The predicted octanol–water partition coefficient (Wildman–Crippen LogP) is 2.80. The van der Waals surface area contributed by atoms with Crippen molar-refractivity contribution in [3.05, 3.63) is 47.3 Å². The van der Waals surface area contributed by atoms with Crippen molar-refractivity contribution in [2.45, 2.75) is 44.3 Å². The molecule has 5 heteroatoms. The van der Waals surface area contributed by atoms with Crippen LogP contribution in [0.3, 0.4) is 0 Å². The van der Waals surface area contributed by atoms with E-state index >= 15 is 0 Å². The van der Waals surface area contributed by atoms with Crippen LogP contribution >= 0.6 is 0 Å². The fourth-order valence-corrected chi connectivity index (χ4v) is 5.89. The van der Waals surface area contributed by atoms with E-state index in [1.165, 1.54) is 42.8 Å².